The molecule has 1 amide bonds. The van der Waals surface area contributed by atoms with Crippen molar-refractivity contribution in [1.82, 2.24) is 10.2 Å². The lowest BCUT2D eigenvalue weighted by molar-refractivity contribution is -0.122. The molecule has 2 rings (SSSR count). The summed E-state index contributed by atoms with van der Waals surface area (Å²) in [4.78, 5) is 14.0. The van der Waals surface area contributed by atoms with Crippen molar-refractivity contribution in [1.29, 1.82) is 0 Å². The molecular weight excluding hydrogens is 252 g/mol. The van der Waals surface area contributed by atoms with Crippen molar-refractivity contribution in [3.05, 3.63) is 29.3 Å². The molecule has 1 unspecified atom stereocenters. The Labute approximate surface area is 120 Å². The second-order valence-corrected chi connectivity index (χ2v) is 5.43. The van der Waals surface area contributed by atoms with Crippen LogP contribution in [0.2, 0.25) is 0 Å². The molecule has 0 aromatic heterocycles. The molecule has 0 saturated carbocycles. The molecule has 2 N–H and O–H groups in total. The van der Waals surface area contributed by atoms with Crippen molar-refractivity contribution in [2.75, 3.05) is 20.1 Å². The van der Waals surface area contributed by atoms with Crippen LogP contribution in [-0.2, 0) is 11.2 Å². The van der Waals surface area contributed by atoms with Gasteiger partial charge in [0.15, 0.2) is 0 Å². The van der Waals surface area contributed by atoms with E-state index in [4.69, 9.17) is 0 Å². The Balaban J connectivity index is 2.24. The van der Waals surface area contributed by atoms with Crippen molar-refractivity contribution >= 4 is 5.91 Å². The highest BCUT2D eigenvalue weighted by atomic mass is 16.3. The van der Waals surface area contributed by atoms with Crippen LogP contribution in [0, 0.1) is 0 Å². The fraction of sp³-hybridized carbons (Fsp3) is 0.562. The highest BCUT2D eigenvalue weighted by Gasteiger charge is 2.26. The quantitative estimate of drug-likeness (QED) is 0.867. The van der Waals surface area contributed by atoms with E-state index in [1.165, 1.54) is 11.1 Å². The van der Waals surface area contributed by atoms with Gasteiger partial charge in [0.05, 0.1) is 6.54 Å². The smallest absolute Gasteiger partial charge is 0.233 e. The molecule has 110 valence electrons. The molecule has 1 aromatic rings. The van der Waals surface area contributed by atoms with E-state index in [0.717, 1.165) is 32.2 Å². The number of aromatic hydroxyl groups is 1. The topological polar surface area (TPSA) is 52.6 Å². The van der Waals surface area contributed by atoms with Gasteiger partial charge in [-0.15, -0.1) is 0 Å². The molecule has 20 heavy (non-hydrogen) atoms. The highest BCUT2D eigenvalue weighted by Crippen LogP contribution is 2.35. The van der Waals surface area contributed by atoms with Gasteiger partial charge in [0.1, 0.15) is 5.75 Å². The first kappa shape index (κ1) is 14.9. The van der Waals surface area contributed by atoms with E-state index >= 15 is 0 Å². The molecule has 0 heterocycles. The largest absolute Gasteiger partial charge is 0.508 e. The molecule has 1 aromatic carbocycles. The van der Waals surface area contributed by atoms with Gasteiger partial charge in [0.2, 0.25) is 5.91 Å². The molecule has 1 atom stereocenters. The van der Waals surface area contributed by atoms with Gasteiger partial charge >= 0.3 is 0 Å². The number of rotatable bonds is 5. The minimum absolute atomic E-state index is 0.0596. The summed E-state index contributed by atoms with van der Waals surface area (Å²) in [6.07, 6.45) is 4.23. The third kappa shape index (κ3) is 3.31. The maximum atomic E-state index is 11.7. The van der Waals surface area contributed by atoms with Crippen LogP contribution < -0.4 is 5.32 Å². The number of phenols is 1. The number of amides is 1. The van der Waals surface area contributed by atoms with Gasteiger partial charge in [-0.1, -0.05) is 13.0 Å². The zero-order valence-electron chi connectivity index (χ0n) is 12.4. The zero-order chi connectivity index (χ0) is 14.5. The average Bonchev–Trinajstić information content (AvgIpc) is 2.45. The second-order valence-electron chi connectivity index (χ2n) is 5.43. The summed E-state index contributed by atoms with van der Waals surface area (Å²) in [6.45, 7) is 3.49. The van der Waals surface area contributed by atoms with Crippen LogP contribution in [0.25, 0.3) is 0 Å². The summed E-state index contributed by atoms with van der Waals surface area (Å²) in [6, 6.07) is 5.92. The van der Waals surface area contributed by atoms with Gasteiger partial charge < -0.3 is 10.4 Å². The van der Waals surface area contributed by atoms with Gasteiger partial charge in [-0.2, -0.15) is 0 Å². The van der Waals surface area contributed by atoms with E-state index in [1.54, 1.807) is 13.1 Å². The molecule has 0 radical (unpaired) electrons. The molecule has 4 heteroatoms. The van der Waals surface area contributed by atoms with E-state index < -0.39 is 0 Å². The fourth-order valence-corrected chi connectivity index (χ4v) is 3.05. The number of fused-ring (bicyclic) bond motifs is 1. The minimum atomic E-state index is 0.0596. The minimum Gasteiger partial charge on any atom is -0.508 e. The lowest BCUT2D eigenvalue weighted by Gasteiger charge is -2.35. The number of carbonyl (C=O) groups excluding carboxylic acids is 1. The molecule has 0 spiro atoms. The van der Waals surface area contributed by atoms with Gasteiger partial charge in [-0.25, -0.2) is 0 Å². The predicted molar refractivity (Wildman–Crippen MR) is 79.7 cm³/mol. The van der Waals surface area contributed by atoms with Gasteiger partial charge in [0.25, 0.3) is 0 Å². The first-order valence-corrected chi connectivity index (χ1v) is 7.42. The van der Waals surface area contributed by atoms with E-state index in [9.17, 15) is 9.90 Å². The number of carbonyl (C=O) groups is 1. The fourth-order valence-electron chi connectivity index (χ4n) is 3.05. The summed E-state index contributed by atoms with van der Waals surface area (Å²) >= 11 is 0. The van der Waals surface area contributed by atoms with E-state index in [0.29, 0.717) is 12.3 Å². The Morgan fingerprint density at radius 2 is 2.30 bits per heavy atom. The Hall–Kier alpha value is -1.55. The van der Waals surface area contributed by atoms with E-state index in [2.05, 4.69) is 17.1 Å². The number of hydrogen-bond acceptors (Lipinski definition) is 3. The number of aryl methyl sites for hydroxylation is 1. The third-order valence-corrected chi connectivity index (χ3v) is 3.99. The molecule has 1 aliphatic rings. The number of nitrogens with one attached hydrogen (secondary N) is 1. The molecule has 0 aliphatic heterocycles. The summed E-state index contributed by atoms with van der Waals surface area (Å²) < 4.78 is 0. The first-order valence-electron chi connectivity index (χ1n) is 7.42. The van der Waals surface area contributed by atoms with Crippen LogP contribution in [0.4, 0.5) is 0 Å². The Morgan fingerprint density at radius 1 is 1.50 bits per heavy atom. The van der Waals surface area contributed by atoms with Crippen molar-refractivity contribution in [2.45, 2.75) is 38.6 Å². The summed E-state index contributed by atoms with van der Waals surface area (Å²) in [5.41, 5.74) is 2.49. The Kier molecular flexibility index (Phi) is 5.01. The number of hydrogen-bond donors (Lipinski definition) is 2. The molecule has 0 bridgehead atoms. The lowest BCUT2D eigenvalue weighted by Crippen LogP contribution is -2.39. The van der Waals surface area contributed by atoms with Crippen LogP contribution >= 0.6 is 0 Å². The number of phenolic OH excluding ortho intramolecular Hbond substituents is 1. The number of likely N-dealkylation sites (N-methyl/N-ethyl adjacent to an activating group) is 1. The molecule has 1 aliphatic carbocycles. The van der Waals surface area contributed by atoms with E-state index in [-0.39, 0.29) is 11.9 Å². The normalized spacial score (nSPS) is 17.9. The van der Waals surface area contributed by atoms with Crippen LogP contribution in [0.3, 0.4) is 0 Å². The Bertz CT molecular complexity index is 474. The molecule has 4 nitrogen and oxygen atoms in total. The monoisotopic (exact) mass is 276 g/mol. The summed E-state index contributed by atoms with van der Waals surface area (Å²) in [7, 11) is 1.68. The van der Waals surface area contributed by atoms with Crippen LogP contribution in [0.5, 0.6) is 5.75 Å². The van der Waals surface area contributed by atoms with Gasteiger partial charge in [-0.05, 0) is 55.5 Å². The SMILES string of the molecule is CCCN(CC(=O)NC)C1CCCc2cc(O)ccc21. The molecule has 0 fully saturated rings. The van der Waals surface area contributed by atoms with Crippen molar-refractivity contribution < 1.29 is 9.90 Å². The first-order chi connectivity index (χ1) is 9.65. The van der Waals surface area contributed by atoms with Crippen LogP contribution in [0.1, 0.15) is 43.4 Å². The zero-order valence-corrected chi connectivity index (χ0v) is 12.4. The number of benzene rings is 1. The summed E-state index contributed by atoms with van der Waals surface area (Å²) in [5, 5.41) is 12.3. The van der Waals surface area contributed by atoms with Gasteiger partial charge in [-0.3, -0.25) is 9.69 Å². The number of nitrogens with zero attached hydrogens (tertiary/aromatic N) is 1. The standard InChI is InChI=1S/C16H24N2O2/c1-3-9-18(11-16(20)17-2)15-6-4-5-12-10-13(19)7-8-14(12)15/h7-8,10,15,19H,3-6,9,11H2,1-2H3,(H,17,20). The van der Waals surface area contributed by atoms with E-state index in [1.807, 2.05) is 12.1 Å². The molecular formula is C16H24N2O2. The lowest BCUT2D eigenvalue weighted by atomic mass is 9.86. The van der Waals surface area contributed by atoms with Crippen molar-refractivity contribution in [3.8, 4) is 5.75 Å². The van der Waals surface area contributed by atoms with Crippen molar-refractivity contribution in [3.63, 3.8) is 0 Å². The van der Waals surface area contributed by atoms with Gasteiger partial charge in [0, 0.05) is 13.1 Å². The maximum absolute atomic E-state index is 11.7. The summed E-state index contributed by atoms with van der Waals surface area (Å²) in [5.74, 6) is 0.391. The second kappa shape index (κ2) is 6.75. The maximum Gasteiger partial charge on any atom is 0.233 e. The average molecular weight is 276 g/mol. The molecule has 0 saturated heterocycles. The van der Waals surface area contributed by atoms with Crippen LogP contribution in [-0.4, -0.2) is 36.1 Å². The van der Waals surface area contributed by atoms with Crippen molar-refractivity contribution in [2.24, 2.45) is 0 Å². The highest BCUT2D eigenvalue weighted by molar-refractivity contribution is 5.77. The Morgan fingerprint density at radius 3 is 3.00 bits per heavy atom. The van der Waals surface area contributed by atoms with Crippen LogP contribution in [0.15, 0.2) is 18.2 Å². The predicted octanol–water partition coefficient (Wildman–Crippen LogP) is 2.23. The third-order valence-electron chi connectivity index (χ3n) is 3.99.